The zero-order chi connectivity index (χ0) is 24.8. The molecule has 0 unspecified atom stereocenters. The number of carbonyl (C=O) groups is 2. The Bertz CT molecular complexity index is 1010. The molecule has 2 aromatic rings. The molecular formula is C23H27Cl2N3O4S. The van der Waals surface area contributed by atoms with Gasteiger partial charge in [0.05, 0.1) is 20.7 Å². The molecule has 0 aliphatic rings. The number of benzene rings is 2. The summed E-state index contributed by atoms with van der Waals surface area (Å²) in [5.74, 6) is 0.194. The number of nitro groups is 1. The molecule has 2 amide bonds. The first-order chi connectivity index (χ1) is 15.4. The van der Waals surface area contributed by atoms with Gasteiger partial charge >= 0.3 is 0 Å². The van der Waals surface area contributed by atoms with Gasteiger partial charge in [0.15, 0.2) is 0 Å². The maximum Gasteiger partial charge on any atom is 0.269 e. The van der Waals surface area contributed by atoms with Crippen LogP contribution < -0.4 is 5.32 Å². The summed E-state index contributed by atoms with van der Waals surface area (Å²) in [5.41, 5.74) is 1.21. The number of hydrogen-bond acceptors (Lipinski definition) is 5. The number of nitro benzene ring substituents is 1. The number of non-ortho nitro benzene ring substituents is 1. The van der Waals surface area contributed by atoms with Gasteiger partial charge < -0.3 is 10.2 Å². The van der Waals surface area contributed by atoms with E-state index in [-0.39, 0.29) is 29.8 Å². The van der Waals surface area contributed by atoms with Crippen molar-refractivity contribution < 1.29 is 14.5 Å². The minimum atomic E-state index is -0.703. The van der Waals surface area contributed by atoms with E-state index in [9.17, 15) is 19.7 Å². The highest BCUT2D eigenvalue weighted by atomic mass is 35.5. The molecule has 0 aliphatic carbocycles. The molecule has 2 aromatic carbocycles. The van der Waals surface area contributed by atoms with Crippen molar-refractivity contribution in [2.45, 2.75) is 51.6 Å². The Morgan fingerprint density at radius 3 is 2.24 bits per heavy atom. The minimum Gasteiger partial charge on any atom is -0.350 e. The van der Waals surface area contributed by atoms with Gasteiger partial charge in [0, 0.05) is 30.0 Å². The molecule has 0 aliphatic heterocycles. The maximum absolute atomic E-state index is 13.1. The van der Waals surface area contributed by atoms with Crippen LogP contribution in [-0.2, 0) is 21.9 Å². The lowest BCUT2D eigenvalue weighted by Crippen LogP contribution is -2.52. The van der Waals surface area contributed by atoms with Crippen LogP contribution in [-0.4, -0.2) is 39.0 Å². The Hall–Kier alpha value is -2.29. The molecule has 1 atom stereocenters. The van der Waals surface area contributed by atoms with Crippen molar-refractivity contribution in [3.63, 3.8) is 0 Å². The Balaban J connectivity index is 2.11. The van der Waals surface area contributed by atoms with Crippen molar-refractivity contribution in [1.29, 1.82) is 0 Å². The van der Waals surface area contributed by atoms with E-state index in [2.05, 4.69) is 5.32 Å². The van der Waals surface area contributed by atoms with Crippen molar-refractivity contribution in [2.24, 2.45) is 0 Å². The van der Waals surface area contributed by atoms with Crippen molar-refractivity contribution in [3.05, 3.63) is 73.8 Å². The zero-order valence-electron chi connectivity index (χ0n) is 18.9. The molecule has 178 valence electrons. The highest BCUT2D eigenvalue weighted by molar-refractivity contribution is 7.99. The molecule has 7 nitrogen and oxygen atoms in total. The quantitative estimate of drug-likeness (QED) is 0.356. The molecule has 33 heavy (non-hydrogen) atoms. The third-order valence-corrected chi connectivity index (χ3v) is 6.37. The second-order valence-corrected chi connectivity index (χ2v) is 10.4. The molecule has 1 N–H and O–H groups in total. The van der Waals surface area contributed by atoms with Gasteiger partial charge in [0.2, 0.25) is 11.8 Å². The van der Waals surface area contributed by atoms with Gasteiger partial charge in [0.1, 0.15) is 6.04 Å². The third kappa shape index (κ3) is 8.53. The second-order valence-electron chi connectivity index (χ2n) is 8.60. The number of carbonyl (C=O) groups excluding carboxylic acids is 2. The molecular weight excluding hydrogens is 485 g/mol. The fourth-order valence-corrected chi connectivity index (χ4v) is 4.14. The van der Waals surface area contributed by atoms with Crippen molar-refractivity contribution in [3.8, 4) is 0 Å². The maximum atomic E-state index is 13.1. The first-order valence-electron chi connectivity index (χ1n) is 10.2. The Kier molecular flexibility index (Phi) is 9.57. The number of amides is 2. The summed E-state index contributed by atoms with van der Waals surface area (Å²) < 4.78 is 0. The van der Waals surface area contributed by atoms with E-state index < -0.39 is 16.5 Å². The van der Waals surface area contributed by atoms with Gasteiger partial charge in [-0.05, 0) is 51.0 Å². The first-order valence-corrected chi connectivity index (χ1v) is 12.1. The number of thioether (sulfide) groups is 1. The number of hydrogen-bond donors (Lipinski definition) is 1. The molecule has 0 saturated heterocycles. The molecule has 0 saturated carbocycles. The summed E-state index contributed by atoms with van der Waals surface area (Å²) in [6.07, 6.45) is 0. The Morgan fingerprint density at radius 2 is 1.70 bits per heavy atom. The number of nitrogens with zero attached hydrogens (tertiary/aromatic N) is 2. The molecule has 0 spiro atoms. The Morgan fingerprint density at radius 1 is 1.09 bits per heavy atom. The summed E-state index contributed by atoms with van der Waals surface area (Å²) in [5, 5.41) is 14.5. The second kappa shape index (κ2) is 11.7. The average molecular weight is 512 g/mol. The summed E-state index contributed by atoms with van der Waals surface area (Å²) in [6, 6.07) is 10.6. The number of nitrogens with one attached hydrogen (secondary N) is 1. The van der Waals surface area contributed by atoms with E-state index in [1.54, 1.807) is 37.3 Å². The molecule has 0 radical (unpaired) electrons. The monoisotopic (exact) mass is 511 g/mol. The van der Waals surface area contributed by atoms with Gasteiger partial charge in [-0.2, -0.15) is 0 Å². The van der Waals surface area contributed by atoms with Crippen LogP contribution in [0.2, 0.25) is 10.0 Å². The zero-order valence-corrected chi connectivity index (χ0v) is 21.3. The van der Waals surface area contributed by atoms with E-state index in [0.717, 1.165) is 11.1 Å². The van der Waals surface area contributed by atoms with Gasteiger partial charge in [-0.25, -0.2) is 0 Å². The fourth-order valence-electron chi connectivity index (χ4n) is 2.94. The number of rotatable bonds is 9. The highest BCUT2D eigenvalue weighted by Crippen LogP contribution is 2.24. The third-order valence-electron chi connectivity index (χ3n) is 4.64. The molecule has 10 heteroatoms. The van der Waals surface area contributed by atoms with E-state index >= 15 is 0 Å². The lowest BCUT2D eigenvalue weighted by atomic mass is 10.1. The summed E-state index contributed by atoms with van der Waals surface area (Å²) >= 11 is 13.5. The van der Waals surface area contributed by atoms with Crippen LogP contribution in [0.15, 0.2) is 42.5 Å². The van der Waals surface area contributed by atoms with Crippen LogP contribution in [0, 0.1) is 10.1 Å². The smallest absolute Gasteiger partial charge is 0.269 e. The standard InChI is InChI=1S/C23H27Cl2N3O4S/c1-15(22(30)26-23(2,3)4)27(12-17-7-10-19(24)20(25)11-17)21(29)14-33-13-16-5-8-18(9-6-16)28(31)32/h5-11,15H,12-14H2,1-4H3,(H,26,30)/t15-/m0/s1. The van der Waals surface area contributed by atoms with Crippen molar-refractivity contribution in [1.82, 2.24) is 10.2 Å². The SMILES string of the molecule is C[C@@H](C(=O)NC(C)(C)C)N(Cc1ccc(Cl)c(Cl)c1)C(=O)CSCc1ccc([N+](=O)[O-])cc1. The normalized spacial score (nSPS) is 12.2. The Labute approximate surface area is 208 Å². The van der Waals surface area contributed by atoms with Crippen molar-refractivity contribution >= 4 is 52.5 Å². The highest BCUT2D eigenvalue weighted by Gasteiger charge is 2.28. The molecule has 0 aromatic heterocycles. The predicted molar refractivity (Wildman–Crippen MR) is 134 cm³/mol. The largest absolute Gasteiger partial charge is 0.350 e. The predicted octanol–water partition coefficient (Wildman–Crippen LogP) is 5.47. The van der Waals surface area contributed by atoms with E-state index in [1.807, 2.05) is 20.8 Å². The van der Waals surface area contributed by atoms with Gasteiger partial charge in [-0.1, -0.05) is 41.4 Å². The lowest BCUT2D eigenvalue weighted by Gasteiger charge is -2.31. The van der Waals surface area contributed by atoms with Crippen LogP contribution in [0.5, 0.6) is 0 Å². The summed E-state index contributed by atoms with van der Waals surface area (Å²) in [6.45, 7) is 7.53. The lowest BCUT2D eigenvalue weighted by molar-refractivity contribution is -0.384. The van der Waals surface area contributed by atoms with Gasteiger partial charge in [-0.15, -0.1) is 11.8 Å². The summed E-state index contributed by atoms with van der Waals surface area (Å²) in [7, 11) is 0. The number of halogens is 2. The van der Waals surface area contributed by atoms with Crippen LogP contribution in [0.3, 0.4) is 0 Å². The molecule has 0 fully saturated rings. The van der Waals surface area contributed by atoms with Crippen LogP contribution in [0.25, 0.3) is 0 Å². The van der Waals surface area contributed by atoms with Gasteiger partial charge in [-0.3, -0.25) is 19.7 Å². The van der Waals surface area contributed by atoms with Crippen LogP contribution in [0.1, 0.15) is 38.8 Å². The van der Waals surface area contributed by atoms with Crippen LogP contribution >= 0.6 is 35.0 Å². The fraction of sp³-hybridized carbons (Fsp3) is 0.391. The van der Waals surface area contributed by atoms with Crippen molar-refractivity contribution in [2.75, 3.05) is 5.75 Å². The van der Waals surface area contributed by atoms with Gasteiger partial charge in [0.25, 0.3) is 5.69 Å². The van der Waals surface area contributed by atoms with E-state index in [4.69, 9.17) is 23.2 Å². The molecule has 0 bridgehead atoms. The topological polar surface area (TPSA) is 92.6 Å². The first kappa shape index (κ1) is 27.0. The van der Waals surface area contributed by atoms with Crippen LogP contribution in [0.4, 0.5) is 5.69 Å². The summed E-state index contributed by atoms with van der Waals surface area (Å²) in [4.78, 5) is 37.8. The minimum absolute atomic E-state index is 0.0197. The van der Waals surface area contributed by atoms with E-state index in [1.165, 1.54) is 28.8 Å². The van der Waals surface area contributed by atoms with E-state index in [0.29, 0.717) is 15.8 Å². The average Bonchev–Trinajstić information content (AvgIpc) is 2.73. The molecule has 2 rings (SSSR count). The molecule has 0 heterocycles.